The van der Waals surface area contributed by atoms with Crippen LogP contribution in [-0.4, -0.2) is 77.1 Å². The second-order valence-corrected chi connectivity index (χ2v) is 18.5. The second-order valence-electron chi connectivity index (χ2n) is 15.5. The molecule has 1 saturated heterocycles. The minimum absolute atomic E-state index is 0.0898. The Kier molecular flexibility index (Phi) is 17.0. The highest BCUT2D eigenvalue weighted by molar-refractivity contribution is 7.91. The molecule has 322 valence electrons. The molecule has 3 amide bonds. The molecular formula is C43H61N7O7S2. The number of aromatic amines is 1. The maximum Gasteiger partial charge on any atom is 0.326 e. The molecule has 1 aliphatic heterocycles. The van der Waals surface area contributed by atoms with Crippen LogP contribution in [0.4, 0.5) is 0 Å². The van der Waals surface area contributed by atoms with Crippen molar-refractivity contribution in [2.24, 2.45) is 23.3 Å². The number of ether oxygens (including phenoxy) is 1. The molecule has 3 fully saturated rings. The summed E-state index contributed by atoms with van der Waals surface area (Å²) in [5.74, 6) is 0.168. The zero-order valence-corrected chi connectivity index (χ0v) is 36.7. The number of hydrogen-bond acceptors (Lipinski definition) is 10. The number of nitrogens with two attached hydrogens (primary N) is 2. The molecule has 3 unspecified atom stereocenters. The number of nitrogens with zero attached hydrogens (tertiary/aromatic N) is 3. The van der Waals surface area contributed by atoms with Gasteiger partial charge in [-0.15, -0.1) is 11.3 Å². The molecule has 0 spiro atoms. The van der Waals surface area contributed by atoms with E-state index in [2.05, 4.69) is 28.8 Å². The fourth-order valence-corrected chi connectivity index (χ4v) is 8.88. The average molecular weight is 852 g/mol. The van der Waals surface area contributed by atoms with Crippen molar-refractivity contribution in [2.75, 3.05) is 20.2 Å². The summed E-state index contributed by atoms with van der Waals surface area (Å²) in [4.78, 5) is 54.3. The Bertz CT molecular complexity index is 2220. The number of H-pyrrole nitrogens is 1. The molecule has 59 heavy (non-hydrogen) atoms. The lowest BCUT2D eigenvalue weighted by Gasteiger charge is -2.15. The number of hydrogen-bond donors (Lipinski definition) is 4. The van der Waals surface area contributed by atoms with Crippen LogP contribution in [0.25, 0.3) is 32.9 Å². The van der Waals surface area contributed by atoms with Gasteiger partial charge in [0.05, 0.1) is 28.6 Å². The molecule has 14 nitrogen and oxygen atoms in total. The van der Waals surface area contributed by atoms with Gasteiger partial charge in [0.1, 0.15) is 16.8 Å². The predicted octanol–water partition coefficient (Wildman–Crippen LogP) is 6.52. The maximum absolute atomic E-state index is 12.3. The molecule has 0 radical (unpaired) electrons. The van der Waals surface area contributed by atoms with Crippen molar-refractivity contribution in [1.82, 2.24) is 24.2 Å². The molecular weight excluding hydrogens is 791 g/mol. The minimum Gasteiger partial charge on any atom is -0.496 e. The first kappa shape index (κ1) is 46.9. The number of methoxy groups -OCH3 is 1. The van der Waals surface area contributed by atoms with Crippen molar-refractivity contribution >= 4 is 50.6 Å². The van der Waals surface area contributed by atoms with E-state index in [0.717, 1.165) is 64.4 Å². The summed E-state index contributed by atoms with van der Waals surface area (Å²) in [6, 6.07) is 13.5. The third-order valence-electron chi connectivity index (χ3n) is 10.5. The number of carbonyl (C=O) groups excluding carboxylic acids is 3. The second kappa shape index (κ2) is 21.5. The summed E-state index contributed by atoms with van der Waals surface area (Å²) in [7, 11) is -1.81. The smallest absolute Gasteiger partial charge is 0.326 e. The fourth-order valence-electron chi connectivity index (χ4n) is 6.73. The van der Waals surface area contributed by atoms with Gasteiger partial charge in [0.25, 0.3) is 0 Å². The van der Waals surface area contributed by atoms with E-state index in [1.807, 2.05) is 68.6 Å². The van der Waals surface area contributed by atoms with Crippen LogP contribution < -0.4 is 26.6 Å². The first-order valence-corrected chi connectivity index (χ1v) is 22.8. The van der Waals surface area contributed by atoms with Crippen LogP contribution >= 0.6 is 11.3 Å². The number of benzene rings is 2. The largest absolute Gasteiger partial charge is 0.496 e. The minimum atomic E-state index is -3.47. The van der Waals surface area contributed by atoms with E-state index in [4.69, 9.17) is 21.2 Å². The SMILES string of the molecule is CCCCC/C=C\C1CC1C(=O)NS(=O)(=O)C1(C)CC1.CCN.COc1ccccc1-c1csc(-c2cccc3c2[nH]c(=O)n3C(C)C)n1.NC(=O)C1CCCN1C=O. The average Bonchev–Trinajstić information content (AvgIpc) is 3.95. The molecule has 2 saturated carbocycles. The molecule has 16 heteroatoms. The Balaban J connectivity index is 0.000000205. The molecule has 7 rings (SSSR count). The van der Waals surface area contributed by atoms with Crippen molar-refractivity contribution in [3.05, 3.63) is 70.5 Å². The lowest BCUT2D eigenvalue weighted by molar-refractivity contribution is -0.128. The third-order valence-corrected chi connectivity index (χ3v) is 13.6. The van der Waals surface area contributed by atoms with Crippen molar-refractivity contribution in [3.8, 4) is 27.6 Å². The Morgan fingerprint density at radius 1 is 1.12 bits per heavy atom. The van der Waals surface area contributed by atoms with Crippen LogP contribution in [0.15, 0.2) is 64.8 Å². The van der Waals surface area contributed by atoms with E-state index in [1.165, 1.54) is 24.2 Å². The number of thiazole rings is 1. The number of nitrogens with one attached hydrogen (secondary N) is 2. The maximum atomic E-state index is 12.3. The van der Waals surface area contributed by atoms with Gasteiger partial charge >= 0.3 is 5.69 Å². The van der Waals surface area contributed by atoms with E-state index < -0.39 is 20.7 Å². The molecule has 0 bridgehead atoms. The first-order valence-electron chi connectivity index (χ1n) is 20.4. The van der Waals surface area contributed by atoms with Gasteiger partial charge in [0.2, 0.25) is 28.2 Å². The van der Waals surface area contributed by atoms with Gasteiger partial charge in [-0.25, -0.2) is 18.2 Å². The number of aromatic nitrogens is 3. The summed E-state index contributed by atoms with van der Waals surface area (Å²) < 4.78 is 32.7. The highest BCUT2D eigenvalue weighted by Crippen LogP contribution is 2.44. The quantitative estimate of drug-likeness (QED) is 0.0617. The van der Waals surface area contributed by atoms with Gasteiger partial charge in [-0.05, 0) is 102 Å². The van der Waals surface area contributed by atoms with Crippen LogP contribution in [0.5, 0.6) is 5.75 Å². The summed E-state index contributed by atoms with van der Waals surface area (Å²) in [5.41, 5.74) is 14.3. The fraction of sp³-hybridized carbons (Fsp3) is 0.512. The molecule has 6 N–H and O–H groups in total. The van der Waals surface area contributed by atoms with Crippen molar-refractivity contribution in [2.45, 2.75) is 109 Å². The lowest BCUT2D eigenvalue weighted by atomic mass is 10.1. The van der Waals surface area contributed by atoms with Gasteiger partial charge in [0.15, 0.2) is 0 Å². The van der Waals surface area contributed by atoms with E-state index >= 15 is 0 Å². The number of para-hydroxylation sites is 2. The van der Waals surface area contributed by atoms with Gasteiger partial charge in [-0.3, -0.25) is 23.7 Å². The van der Waals surface area contributed by atoms with Gasteiger partial charge in [-0.1, -0.05) is 57.0 Å². The number of fused-ring (bicyclic) bond motifs is 1. The van der Waals surface area contributed by atoms with Gasteiger partial charge in [0, 0.05) is 35.0 Å². The highest BCUT2D eigenvalue weighted by atomic mass is 32.2. The number of unbranched alkanes of at least 4 members (excludes halogenated alkanes) is 3. The number of sulfonamides is 1. The standard InChI is InChI=1S/C20H19N3O2S.C15H25NO3S.C6H10N2O2.C2H7N/c1-12(2)23-16-9-6-8-14(18(16)22-20(23)24)19-21-15(11-26-19)13-7-4-5-10-17(13)25-3;1-3-4-5-6-7-8-12-11-13(12)14(17)16-20(18,19)15(2)9-10-15;7-6(10)5-2-1-3-8(5)4-9;1-2-3/h4-12H,1-3H3,(H,22,24);7-8,12-13H,3-6,9-11H2,1-2H3,(H,16,17);4-5H,1-3H2,(H2,7,10);2-3H2,1H3/b;8-7-;;. The Labute approximate surface area is 351 Å². The van der Waals surface area contributed by atoms with Gasteiger partial charge in [-0.2, -0.15) is 0 Å². The molecule has 3 atom stereocenters. The van der Waals surface area contributed by atoms with Crippen LogP contribution in [0, 0.1) is 11.8 Å². The van der Waals surface area contributed by atoms with E-state index in [9.17, 15) is 27.6 Å². The number of rotatable bonds is 14. The number of imidazole rings is 1. The first-order chi connectivity index (χ1) is 28.2. The summed E-state index contributed by atoms with van der Waals surface area (Å²) in [5, 5.41) is 2.89. The van der Waals surface area contributed by atoms with Crippen LogP contribution in [0.3, 0.4) is 0 Å². The number of amides is 3. The van der Waals surface area contributed by atoms with E-state index in [-0.39, 0.29) is 35.5 Å². The van der Waals surface area contributed by atoms with Crippen LogP contribution in [0.1, 0.15) is 98.4 Å². The number of primary amides is 1. The topological polar surface area (TPSA) is 213 Å². The normalized spacial score (nSPS) is 18.8. The summed E-state index contributed by atoms with van der Waals surface area (Å²) >= 11 is 1.56. The number of carbonyl (C=O) groups is 3. The molecule has 2 aromatic carbocycles. The Hall–Kier alpha value is -4.80. The van der Waals surface area contributed by atoms with Crippen molar-refractivity contribution < 1.29 is 27.5 Å². The summed E-state index contributed by atoms with van der Waals surface area (Å²) in [6.07, 6.45) is 13.2. The molecule has 3 heterocycles. The van der Waals surface area contributed by atoms with Crippen molar-refractivity contribution in [1.29, 1.82) is 0 Å². The third kappa shape index (κ3) is 12.1. The monoisotopic (exact) mass is 851 g/mol. The van der Waals surface area contributed by atoms with E-state index in [0.29, 0.717) is 32.2 Å². The zero-order valence-electron chi connectivity index (χ0n) is 35.1. The molecule has 2 aliphatic carbocycles. The molecule has 4 aromatic rings. The van der Waals surface area contributed by atoms with Gasteiger partial charge < -0.3 is 26.1 Å². The summed E-state index contributed by atoms with van der Waals surface area (Å²) in [6.45, 7) is 11.2. The van der Waals surface area contributed by atoms with Crippen molar-refractivity contribution in [3.63, 3.8) is 0 Å². The molecule has 3 aliphatic rings. The van der Waals surface area contributed by atoms with Crippen LogP contribution in [0.2, 0.25) is 0 Å². The predicted molar refractivity (Wildman–Crippen MR) is 235 cm³/mol. The van der Waals surface area contributed by atoms with E-state index in [1.54, 1.807) is 29.9 Å². The lowest BCUT2D eigenvalue weighted by Crippen LogP contribution is -2.39. The Morgan fingerprint density at radius 3 is 2.42 bits per heavy atom. The molecule has 2 aromatic heterocycles. The highest BCUT2D eigenvalue weighted by Gasteiger charge is 2.52. The van der Waals surface area contributed by atoms with Crippen LogP contribution in [-0.2, 0) is 24.4 Å². The zero-order chi connectivity index (χ0) is 43.3. The number of allylic oxidation sites excluding steroid dienone is 2. The number of likely N-dealkylation sites (tertiary alicyclic amines) is 1. The Morgan fingerprint density at radius 2 is 1.81 bits per heavy atom.